The van der Waals surface area contributed by atoms with Crippen molar-refractivity contribution in [2.24, 2.45) is 0 Å². The van der Waals surface area contributed by atoms with Crippen molar-refractivity contribution in [1.82, 2.24) is 5.32 Å². The molecule has 3 heteroatoms. The van der Waals surface area contributed by atoms with Crippen molar-refractivity contribution in [3.63, 3.8) is 0 Å². The van der Waals surface area contributed by atoms with E-state index in [1.807, 2.05) is 23.5 Å². The normalized spacial score (nSPS) is 12.0. The Bertz CT molecular complexity index is 127. The minimum atomic E-state index is 0.472. The lowest BCUT2D eigenvalue weighted by molar-refractivity contribution is 0.490. The molecule has 92 valence electrons. The van der Waals surface area contributed by atoms with Gasteiger partial charge in [0, 0.05) is 11.3 Å². The van der Waals surface area contributed by atoms with E-state index in [1.54, 1.807) is 0 Å². The van der Waals surface area contributed by atoms with Gasteiger partial charge in [0.2, 0.25) is 0 Å². The first kappa shape index (κ1) is 15.7. The van der Waals surface area contributed by atoms with E-state index in [-0.39, 0.29) is 0 Å². The molecule has 15 heavy (non-hydrogen) atoms. The number of rotatable bonds is 10. The first-order chi connectivity index (χ1) is 7.24. The Hall–Kier alpha value is 0.660. The van der Waals surface area contributed by atoms with Gasteiger partial charge in [0.1, 0.15) is 0 Å². The van der Waals surface area contributed by atoms with Gasteiger partial charge in [0.25, 0.3) is 0 Å². The molecule has 1 nitrogen and oxygen atoms in total. The van der Waals surface area contributed by atoms with E-state index in [9.17, 15) is 0 Å². The maximum absolute atomic E-state index is 3.61. The highest BCUT2D eigenvalue weighted by atomic mass is 32.2. The lowest BCUT2D eigenvalue weighted by Crippen LogP contribution is -2.37. The average molecular weight is 249 g/mol. The molecule has 0 rings (SSSR count). The molecule has 0 bridgehead atoms. The first-order valence-electron chi connectivity index (χ1n) is 5.99. The fourth-order valence-electron chi connectivity index (χ4n) is 1.67. The zero-order chi connectivity index (χ0) is 11.6. The molecule has 0 saturated carbocycles. The molecule has 0 unspecified atom stereocenters. The molecule has 0 amide bonds. The van der Waals surface area contributed by atoms with Crippen molar-refractivity contribution in [1.29, 1.82) is 0 Å². The molecule has 0 fully saturated rings. The van der Waals surface area contributed by atoms with Gasteiger partial charge in [-0.1, -0.05) is 13.8 Å². The minimum Gasteiger partial charge on any atom is -0.315 e. The van der Waals surface area contributed by atoms with Crippen molar-refractivity contribution in [2.45, 2.75) is 44.3 Å². The van der Waals surface area contributed by atoms with Crippen LogP contribution in [0.25, 0.3) is 0 Å². The molecule has 0 aliphatic carbocycles. The number of unbranched alkanes of at least 4 members (excludes halogenated alkanes) is 1. The predicted octanol–water partition coefficient (Wildman–Crippen LogP) is 3.64. The Morgan fingerprint density at radius 1 is 1.07 bits per heavy atom. The summed E-state index contributed by atoms with van der Waals surface area (Å²) in [4.78, 5) is 0. The van der Waals surface area contributed by atoms with Crippen LogP contribution in [0.5, 0.6) is 0 Å². The Morgan fingerprint density at radius 2 is 1.73 bits per heavy atom. The number of thioether (sulfide) groups is 2. The lowest BCUT2D eigenvalue weighted by Gasteiger charge is -2.30. The van der Waals surface area contributed by atoms with Gasteiger partial charge in [-0.15, -0.1) is 0 Å². The summed E-state index contributed by atoms with van der Waals surface area (Å²) < 4.78 is 0.472. The highest BCUT2D eigenvalue weighted by Crippen LogP contribution is 2.29. The lowest BCUT2D eigenvalue weighted by atomic mass is 10.0. The fourth-order valence-corrected chi connectivity index (χ4v) is 2.99. The van der Waals surface area contributed by atoms with E-state index < -0.39 is 0 Å². The van der Waals surface area contributed by atoms with Crippen molar-refractivity contribution >= 4 is 23.5 Å². The molecule has 0 spiro atoms. The Balaban J connectivity index is 3.54. The van der Waals surface area contributed by atoms with Gasteiger partial charge in [0.05, 0.1) is 0 Å². The van der Waals surface area contributed by atoms with Gasteiger partial charge in [0.15, 0.2) is 0 Å². The third kappa shape index (κ3) is 6.75. The summed E-state index contributed by atoms with van der Waals surface area (Å²) >= 11 is 3.97. The smallest absolute Gasteiger partial charge is 0.0276 e. The second-order valence-electron chi connectivity index (χ2n) is 3.97. The second kappa shape index (κ2) is 9.86. The van der Waals surface area contributed by atoms with Crippen LogP contribution in [0, 0.1) is 0 Å². The summed E-state index contributed by atoms with van der Waals surface area (Å²) in [5.74, 6) is 1.30. The molecule has 1 N–H and O–H groups in total. The zero-order valence-corrected chi connectivity index (χ0v) is 12.4. The number of hydrogen-bond acceptors (Lipinski definition) is 3. The van der Waals surface area contributed by atoms with Gasteiger partial charge in [-0.05, 0) is 50.5 Å². The van der Waals surface area contributed by atoms with Crippen LogP contribution in [0.3, 0.4) is 0 Å². The third-order valence-electron chi connectivity index (χ3n) is 3.12. The maximum atomic E-state index is 3.61. The highest BCUT2D eigenvalue weighted by Gasteiger charge is 2.23. The molecule has 0 radical (unpaired) electrons. The zero-order valence-electron chi connectivity index (χ0n) is 10.8. The van der Waals surface area contributed by atoms with Crippen molar-refractivity contribution in [2.75, 3.05) is 31.4 Å². The second-order valence-corrected chi connectivity index (χ2v) is 6.23. The molecule has 0 atom stereocenters. The SMILES string of the molecule is CCC(CC)(CNCCCCSC)SC. The summed E-state index contributed by atoms with van der Waals surface area (Å²) in [5, 5.41) is 3.61. The topological polar surface area (TPSA) is 12.0 Å². The van der Waals surface area contributed by atoms with E-state index >= 15 is 0 Å². The molecule has 0 aliphatic heterocycles. The average Bonchev–Trinajstić information content (AvgIpc) is 2.29. The standard InChI is InChI=1S/C12H27NS2/c1-5-12(6-2,15-4)11-13-9-7-8-10-14-3/h13H,5-11H2,1-4H3. The van der Waals surface area contributed by atoms with E-state index in [4.69, 9.17) is 0 Å². The summed E-state index contributed by atoms with van der Waals surface area (Å²) in [6, 6.07) is 0. The molecule has 0 saturated heterocycles. The molecule has 0 aromatic rings. The molecular weight excluding hydrogens is 222 g/mol. The fraction of sp³-hybridized carbons (Fsp3) is 1.00. The first-order valence-corrected chi connectivity index (χ1v) is 8.61. The van der Waals surface area contributed by atoms with Gasteiger partial charge in [-0.3, -0.25) is 0 Å². The van der Waals surface area contributed by atoms with Crippen molar-refractivity contribution in [3.05, 3.63) is 0 Å². The van der Waals surface area contributed by atoms with Crippen LogP contribution < -0.4 is 5.32 Å². The third-order valence-corrected chi connectivity index (χ3v) is 5.41. The molecule has 0 aliphatic rings. The number of hydrogen-bond donors (Lipinski definition) is 1. The van der Waals surface area contributed by atoms with Crippen LogP contribution >= 0.6 is 23.5 Å². The maximum Gasteiger partial charge on any atom is 0.0276 e. The summed E-state index contributed by atoms with van der Waals surface area (Å²) in [6.07, 6.45) is 9.62. The molecule has 0 heterocycles. The van der Waals surface area contributed by atoms with Crippen LogP contribution in [0.4, 0.5) is 0 Å². The summed E-state index contributed by atoms with van der Waals surface area (Å²) in [6.45, 7) is 6.95. The van der Waals surface area contributed by atoms with Crippen LogP contribution in [-0.2, 0) is 0 Å². The van der Waals surface area contributed by atoms with Gasteiger partial charge in [-0.2, -0.15) is 23.5 Å². The van der Waals surface area contributed by atoms with E-state index in [1.165, 1.54) is 44.5 Å². The summed E-state index contributed by atoms with van der Waals surface area (Å²) in [7, 11) is 0. The highest BCUT2D eigenvalue weighted by molar-refractivity contribution is 8.00. The van der Waals surface area contributed by atoms with E-state index in [0.717, 1.165) is 0 Å². The van der Waals surface area contributed by atoms with Crippen LogP contribution in [0.1, 0.15) is 39.5 Å². The number of nitrogens with one attached hydrogen (secondary N) is 1. The Kier molecular flexibility index (Phi) is 10.3. The van der Waals surface area contributed by atoms with Crippen molar-refractivity contribution in [3.8, 4) is 0 Å². The largest absolute Gasteiger partial charge is 0.315 e. The quantitative estimate of drug-likeness (QED) is 0.594. The molecule has 0 aromatic carbocycles. The van der Waals surface area contributed by atoms with Gasteiger partial charge in [-0.25, -0.2) is 0 Å². The van der Waals surface area contributed by atoms with Crippen LogP contribution in [-0.4, -0.2) is 36.1 Å². The predicted molar refractivity (Wildman–Crippen MR) is 77.3 cm³/mol. The Morgan fingerprint density at radius 3 is 2.20 bits per heavy atom. The molecule has 0 aromatic heterocycles. The monoisotopic (exact) mass is 249 g/mol. The van der Waals surface area contributed by atoms with Crippen molar-refractivity contribution < 1.29 is 0 Å². The van der Waals surface area contributed by atoms with Crippen LogP contribution in [0.2, 0.25) is 0 Å². The van der Waals surface area contributed by atoms with Crippen LogP contribution in [0.15, 0.2) is 0 Å². The molecular formula is C12H27NS2. The summed E-state index contributed by atoms with van der Waals surface area (Å²) in [5.41, 5.74) is 0. The van der Waals surface area contributed by atoms with Gasteiger partial charge < -0.3 is 5.32 Å². The Labute approximate surface area is 105 Å². The van der Waals surface area contributed by atoms with Gasteiger partial charge >= 0.3 is 0 Å². The minimum absolute atomic E-state index is 0.472. The van der Waals surface area contributed by atoms with E-state index in [0.29, 0.717) is 4.75 Å². The van der Waals surface area contributed by atoms with E-state index in [2.05, 4.69) is 31.7 Å².